The lowest BCUT2D eigenvalue weighted by Gasteiger charge is -2.42. The highest BCUT2D eigenvalue weighted by atomic mass is 16.5. The van der Waals surface area contributed by atoms with Gasteiger partial charge in [-0.25, -0.2) is 0 Å². The van der Waals surface area contributed by atoms with Crippen LogP contribution in [-0.2, 0) is 4.74 Å². The van der Waals surface area contributed by atoms with Gasteiger partial charge in [0.25, 0.3) is 0 Å². The lowest BCUT2D eigenvalue weighted by molar-refractivity contribution is -0.0892. The first-order valence-electron chi connectivity index (χ1n) is 6.11. The first-order chi connectivity index (χ1) is 6.68. The zero-order valence-corrected chi connectivity index (χ0v) is 11.3. The van der Waals surface area contributed by atoms with Gasteiger partial charge < -0.3 is 4.74 Å². The summed E-state index contributed by atoms with van der Waals surface area (Å²) in [5, 5.41) is 0. The molecule has 2 heteroatoms. The molecule has 0 aromatic carbocycles. The van der Waals surface area contributed by atoms with Crippen LogP contribution < -0.4 is 0 Å². The van der Waals surface area contributed by atoms with E-state index in [2.05, 4.69) is 46.4 Å². The van der Waals surface area contributed by atoms with Crippen molar-refractivity contribution < 1.29 is 4.74 Å². The van der Waals surface area contributed by atoms with Gasteiger partial charge in [-0.05, 0) is 54.4 Å². The Morgan fingerprint density at radius 2 is 1.40 bits per heavy atom. The summed E-state index contributed by atoms with van der Waals surface area (Å²) in [6, 6.07) is 0. The molecule has 90 valence electrons. The Kier molecular flexibility index (Phi) is 3.83. The molecular formula is C13H27NO. The van der Waals surface area contributed by atoms with Crippen molar-refractivity contribution in [2.75, 3.05) is 13.1 Å². The smallest absolute Gasteiger partial charge is 0.0606 e. The standard InChI is InChI=1S/C13H27NO/c1-12(2,3)14-9-7-11(8-10-14)15-13(4,5)6/h11H,7-10H2,1-6H3. The molecule has 0 N–H and O–H groups in total. The van der Waals surface area contributed by atoms with Crippen LogP contribution in [0, 0.1) is 0 Å². The molecule has 0 radical (unpaired) electrons. The molecule has 1 fully saturated rings. The van der Waals surface area contributed by atoms with Crippen LogP contribution in [0.2, 0.25) is 0 Å². The van der Waals surface area contributed by atoms with Gasteiger partial charge in [0.15, 0.2) is 0 Å². The lowest BCUT2D eigenvalue weighted by Crippen LogP contribution is -2.48. The maximum atomic E-state index is 6.01. The van der Waals surface area contributed by atoms with Gasteiger partial charge in [0.2, 0.25) is 0 Å². The van der Waals surface area contributed by atoms with E-state index in [9.17, 15) is 0 Å². The fourth-order valence-electron chi connectivity index (χ4n) is 2.14. The summed E-state index contributed by atoms with van der Waals surface area (Å²) in [6.45, 7) is 15.6. The SMILES string of the molecule is CC(C)(C)OC1CCN(C(C)(C)C)CC1. The zero-order chi connectivity index (χ0) is 11.7. The van der Waals surface area contributed by atoms with E-state index in [0.29, 0.717) is 11.6 Å². The fraction of sp³-hybridized carbons (Fsp3) is 1.00. The van der Waals surface area contributed by atoms with Crippen molar-refractivity contribution in [3.05, 3.63) is 0 Å². The fourth-order valence-corrected chi connectivity index (χ4v) is 2.14. The molecule has 0 saturated carbocycles. The summed E-state index contributed by atoms with van der Waals surface area (Å²) in [5.41, 5.74) is 0.321. The Labute approximate surface area is 95.0 Å². The van der Waals surface area contributed by atoms with Gasteiger partial charge in [0.05, 0.1) is 11.7 Å². The van der Waals surface area contributed by atoms with E-state index in [1.165, 1.54) is 25.9 Å². The minimum atomic E-state index is 0.00850. The molecule has 0 atom stereocenters. The highest BCUT2D eigenvalue weighted by Crippen LogP contribution is 2.24. The first-order valence-corrected chi connectivity index (χ1v) is 6.11. The molecular weight excluding hydrogens is 186 g/mol. The summed E-state index contributed by atoms with van der Waals surface area (Å²) in [5.74, 6) is 0. The minimum absolute atomic E-state index is 0.00850. The average Bonchev–Trinajstić information content (AvgIpc) is 2.00. The van der Waals surface area contributed by atoms with Gasteiger partial charge in [0, 0.05) is 18.6 Å². The molecule has 15 heavy (non-hydrogen) atoms. The second-order valence-corrected chi connectivity index (χ2v) is 6.59. The number of rotatable bonds is 1. The first kappa shape index (κ1) is 13.0. The summed E-state index contributed by atoms with van der Waals surface area (Å²) in [6.07, 6.45) is 2.81. The van der Waals surface area contributed by atoms with Gasteiger partial charge in [-0.1, -0.05) is 0 Å². The normalized spacial score (nSPS) is 22.0. The van der Waals surface area contributed by atoms with Crippen LogP contribution in [0.15, 0.2) is 0 Å². The third kappa shape index (κ3) is 4.52. The summed E-state index contributed by atoms with van der Waals surface area (Å²) >= 11 is 0. The lowest BCUT2D eigenvalue weighted by atomic mass is 9.99. The van der Waals surface area contributed by atoms with Crippen LogP contribution in [0.3, 0.4) is 0 Å². The van der Waals surface area contributed by atoms with E-state index >= 15 is 0 Å². The van der Waals surface area contributed by atoms with Crippen molar-refractivity contribution in [2.45, 2.75) is 71.6 Å². The molecule has 2 nitrogen and oxygen atoms in total. The molecule has 1 heterocycles. The number of hydrogen-bond acceptors (Lipinski definition) is 2. The van der Waals surface area contributed by atoms with Crippen LogP contribution in [0.25, 0.3) is 0 Å². The molecule has 0 aromatic rings. The molecule has 1 aliphatic rings. The number of nitrogens with zero attached hydrogens (tertiary/aromatic N) is 1. The third-order valence-electron chi connectivity index (χ3n) is 2.91. The van der Waals surface area contributed by atoms with E-state index in [1.807, 2.05) is 0 Å². The van der Waals surface area contributed by atoms with Crippen LogP contribution in [0.1, 0.15) is 54.4 Å². The Morgan fingerprint density at radius 1 is 0.933 bits per heavy atom. The summed E-state index contributed by atoms with van der Waals surface area (Å²) in [7, 11) is 0. The minimum Gasteiger partial charge on any atom is -0.373 e. The van der Waals surface area contributed by atoms with Crippen molar-refractivity contribution >= 4 is 0 Å². The van der Waals surface area contributed by atoms with Crippen molar-refractivity contribution in [3.8, 4) is 0 Å². The Balaban J connectivity index is 2.37. The van der Waals surface area contributed by atoms with E-state index in [1.54, 1.807) is 0 Å². The van der Waals surface area contributed by atoms with Gasteiger partial charge in [-0.2, -0.15) is 0 Å². The van der Waals surface area contributed by atoms with E-state index < -0.39 is 0 Å². The van der Waals surface area contributed by atoms with Crippen LogP contribution in [0.4, 0.5) is 0 Å². The van der Waals surface area contributed by atoms with E-state index in [0.717, 1.165) is 0 Å². The van der Waals surface area contributed by atoms with Gasteiger partial charge in [-0.15, -0.1) is 0 Å². The number of likely N-dealkylation sites (tertiary alicyclic amines) is 1. The quantitative estimate of drug-likeness (QED) is 0.664. The van der Waals surface area contributed by atoms with Crippen molar-refractivity contribution in [1.82, 2.24) is 4.90 Å². The number of piperidine rings is 1. The highest BCUT2D eigenvalue weighted by molar-refractivity contribution is 4.82. The van der Waals surface area contributed by atoms with Crippen LogP contribution in [0.5, 0.6) is 0 Å². The molecule has 0 spiro atoms. The number of ether oxygens (including phenoxy) is 1. The molecule has 0 unspecified atom stereocenters. The van der Waals surface area contributed by atoms with Gasteiger partial charge >= 0.3 is 0 Å². The highest BCUT2D eigenvalue weighted by Gasteiger charge is 2.29. The predicted octanol–water partition coefficient (Wildman–Crippen LogP) is 3.06. The maximum Gasteiger partial charge on any atom is 0.0606 e. The Bertz CT molecular complexity index is 192. The predicted molar refractivity (Wildman–Crippen MR) is 65.2 cm³/mol. The van der Waals surface area contributed by atoms with Gasteiger partial charge in [-0.3, -0.25) is 4.90 Å². The topological polar surface area (TPSA) is 12.5 Å². The second-order valence-electron chi connectivity index (χ2n) is 6.59. The number of hydrogen-bond donors (Lipinski definition) is 0. The summed E-state index contributed by atoms with van der Waals surface area (Å²) < 4.78 is 6.01. The molecule has 1 saturated heterocycles. The monoisotopic (exact) mass is 213 g/mol. The van der Waals surface area contributed by atoms with E-state index in [-0.39, 0.29) is 5.60 Å². The maximum absolute atomic E-state index is 6.01. The second kappa shape index (κ2) is 4.42. The van der Waals surface area contributed by atoms with Crippen LogP contribution >= 0.6 is 0 Å². The van der Waals surface area contributed by atoms with Crippen molar-refractivity contribution in [2.24, 2.45) is 0 Å². The zero-order valence-electron chi connectivity index (χ0n) is 11.3. The third-order valence-corrected chi connectivity index (χ3v) is 2.91. The molecule has 0 aromatic heterocycles. The van der Waals surface area contributed by atoms with Gasteiger partial charge in [0.1, 0.15) is 0 Å². The van der Waals surface area contributed by atoms with Crippen LogP contribution in [-0.4, -0.2) is 35.2 Å². The Hall–Kier alpha value is -0.0800. The van der Waals surface area contributed by atoms with Crippen molar-refractivity contribution in [3.63, 3.8) is 0 Å². The molecule has 0 amide bonds. The average molecular weight is 213 g/mol. The largest absolute Gasteiger partial charge is 0.373 e. The van der Waals surface area contributed by atoms with Crippen molar-refractivity contribution in [1.29, 1.82) is 0 Å². The molecule has 1 rings (SSSR count). The van der Waals surface area contributed by atoms with E-state index in [4.69, 9.17) is 4.74 Å². The summed E-state index contributed by atoms with van der Waals surface area (Å²) in [4.78, 5) is 2.55. The Morgan fingerprint density at radius 3 is 1.73 bits per heavy atom. The molecule has 0 bridgehead atoms. The molecule has 1 aliphatic heterocycles. The molecule has 0 aliphatic carbocycles.